The van der Waals surface area contributed by atoms with Gasteiger partial charge < -0.3 is 14.6 Å². The van der Waals surface area contributed by atoms with Gasteiger partial charge in [-0.2, -0.15) is 0 Å². The molecule has 0 saturated carbocycles. The predicted molar refractivity (Wildman–Crippen MR) is 122 cm³/mol. The zero-order valence-corrected chi connectivity index (χ0v) is 18.7. The highest BCUT2D eigenvalue weighted by Crippen LogP contribution is 2.25. The number of thioether (sulfide) groups is 1. The third-order valence-electron chi connectivity index (χ3n) is 4.82. The van der Waals surface area contributed by atoms with Crippen LogP contribution in [0.4, 0.5) is 5.69 Å². The number of hydrogen-bond donors (Lipinski definition) is 1. The summed E-state index contributed by atoms with van der Waals surface area (Å²) < 4.78 is 6.74. The molecule has 160 valence electrons. The number of nitrogens with one attached hydrogen (secondary N) is 1. The van der Waals surface area contributed by atoms with E-state index >= 15 is 0 Å². The molecule has 31 heavy (non-hydrogen) atoms. The third kappa shape index (κ3) is 5.24. The van der Waals surface area contributed by atoms with Gasteiger partial charge in [-0.05, 0) is 68.4 Å². The Morgan fingerprint density at radius 3 is 2.23 bits per heavy atom. The Balaban J connectivity index is 1.73. The topological polar surface area (TPSA) is 77.4 Å². The molecule has 0 saturated heterocycles. The van der Waals surface area contributed by atoms with Gasteiger partial charge >= 0.3 is 5.97 Å². The number of carbonyl (C=O) groups is 3. The van der Waals surface area contributed by atoms with E-state index < -0.39 is 0 Å². The molecule has 1 heterocycles. The van der Waals surface area contributed by atoms with Crippen molar-refractivity contribution in [3.63, 3.8) is 0 Å². The summed E-state index contributed by atoms with van der Waals surface area (Å²) in [5.74, 6) is -0.150. The van der Waals surface area contributed by atoms with Gasteiger partial charge in [0, 0.05) is 40.1 Å². The van der Waals surface area contributed by atoms with E-state index in [0.717, 1.165) is 27.7 Å². The largest absolute Gasteiger partial charge is 0.465 e. The lowest BCUT2D eigenvalue weighted by Crippen LogP contribution is -2.06. The number of nitrogens with zero attached hydrogens (tertiary/aromatic N) is 1. The Bertz CT molecular complexity index is 1120. The van der Waals surface area contributed by atoms with E-state index in [9.17, 15) is 14.4 Å². The molecule has 0 spiro atoms. The van der Waals surface area contributed by atoms with Gasteiger partial charge in [-0.15, -0.1) is 11.8 Å². The maximum atomic E-state index is 12.9. The first-order valence-electron chi connectivity index (χ1n) is 9.71. The molecule has 0 fully saturated rings. The van der Waals surface area contributed by atoms with Crippen molar-refractivity contribution >= 4 is 35.1 Å². The molecule has 1 N–H and O–H groups in total. The van der Waals surface area contributed by atoms with Crippen LogP contribution in [0.5, 0.6) is 0 Å². The molecule has 3 aromatic rings. The van der Waals surface area contributed by atoms with Crippen LogP contribution < -0.4 is 5.32 Å². The second-order valence-electron chi connectivity index (χ2n) is 7.08. The Labute approximate surface area is 185 Å². The van der Waals surface area contributed by atoms with E-state index in [2.05, 4.69) is 5.32 Å². The van der Waals surface area contributed by atoms with Crippen LogP contribution in [0.25, 0.3) is 5.69 Å². The molecule has 0 aliphatic carbocycles. The molecule has 1 amide bonds. The van der Waals surface area contributed by atoms with E-state index in [0.29, 0.717) is 16.9 Å². The van der Waals surface area contributed by atoms with Crippen molar-refractivity contribution in [3.8, 4) is 5.69 Å². The fraction of sp³-hybridized carbons (Fsp3) is 0.208. The number of ketones is 1. The molecule has 0 atom stereocenters. The molecule has 0 aliphatic heterocycles. The summed E-state index contributed by atoms with van der Waals surface area (Å²) in [5.41, 5.74) is 4.56. The molecule has 0 unspecified atom stereocenters. The first-order valence-corrected chi connectivity index (χ1v) is 10.7. The van der Waals surface area contributed by atoms with E-state index in [1.54, 1.807) is 12.1 Å². The Kier molecular flexibility index (Phi) is 6.97. The SMILES string of the molecule is COC(=O)c1ccc(-n2c(C)cc(C(=O)CSc3ccc(NC(C)=O)cc3)c2C)cc1. The van der Waals surface area contributed by atoms with Crippen LogP contribution in [-0.2, 0) is 9.53 Å². The van der Waals surface area contributed by atoms with Crippen LogP contribution in [0.1, 0.15) is 39.0 Å². The molecule has 6 nitrogen and oxygen atoms in total. The summed E-state index contributed by atoms with van der Waals surface area (Å²) in [6, 6.07) is 16.4. The third-order valence-corrected chi connectivity index (χ3v) is 5.83. The van der Waals surface area contributed by atoms with Gasteiger partial charge in [-0.25, -0.2) is 4.79 Å². The van der Waals surface area contributed by atoms with Gasteiger partial charge in [0.2, 0.25) is 5.91 Å². The Hall–Kier alpha value is -3.32. The number of esters is 1. The number of carbonyl (C=O) groups excluding carboxylic acids is 3. The smallest absolute Gasteiger partial charge is 0.337 e. The Morgan fingerprint density at radius 2 is 1.65 bits per heavy atom. The van der Waals surface area contributed by atoms with E-state index in [1.165, 1.54) is 25.8 Å². The van der Waals surface area contributed by atoms with Crippen molar-refractivity contribution in [2.45, 2.75) is 25.7 Å². The van der Waals surface area contributed by atoms with Crippen molar-refractivity contribution in [1.29, 1.82) is 0 Å². The van der Waals surface area contributed by atoms with Crippen LogP contribution in [-0.4, -0.2) is 35.1 Å². The van der Waals surface area contributed by atoms with E-state index in [4.69, 9.17) is 4.74 Å². The molecule has 0 bridgehead atoms. The van der Waals surface area contributed by atoms with Crippen LogP contribution in [0, 0.1) is 13.8 Å². The molecule has 7 heteroatoms. The molecular formula is C24H24N2O4S. The second-order valence-corrected chi connectivity index (χ2v) is 8.12. The number of benzene rings is 2. The maximum absolute atomic E-state index is 12.9. The van der Waals surface area contributed by atoms with Gasteiger partial charge in [-0.3, -0.25) is 9.59 Å². The predicted octanol–water partition coefficient (Wildman–Crippen LogP) is 4.81. The van der Waals surface area contributed by atoms with Crippen LogP contribution in [0.2, 0.25) is 0 Å². The molecular weight excluding hydrogens is 412 g/mol. The fourth-order valence-corrected chi connectivity index (χ4v) is 4.15. The number of aromatic nitrogens is 1. The van der Waals surface area contributed by atoms with Crippen molar-refractivity contribution in [3.05, 3.63) is 77.1 Å². The summed E-state index contributed by atoms with van der Waals surface area (Å²) >= 11 is 1.46. The average molecular weight is 437 g/mol. The lowest BCUT2D eigenvalue weighted by atomic mass is 10.2. The van der Waals surface area contributed by atoms with E-state index in [-0.39, 0.29) is 17.7 Å². The quantitative estimate of drug-likeness (QED) is 0.327. The minimum Gasteiger partial charge on any atom is -0.465 e. The number of hydrogen-bond acceptors (Lipinski definition) is 5. The average Bonchev–Trinajstić information content (AvgIpc) is 3.06. The number of amides is 1. The van der Waals surface area contributed by atoms with Crippen LogP contribution >= 0.6 is 11.8 Å². The molecule has 2 aromatic carbocycles. The van der Waals surface area contributed by atoms with Crippen LogP contribution in [0.15, 0.2) is 59.5 Å². The van der Waals surface area contributed by atoms with Crippen molar-refractivity contribution in [1.82, 2.24) is 4.57 Å². The van der Waals surface area contributed by atoms with E-state index in [1.807, 2.05) is 60.9 Å². The first-order chi connectivity index (χ1) is 14.8. The van der Waals surface area contributed by atoms with Crippen LogP contribution in [0.3, 0.4) is 0 Å². The monoisotopic (exact) mass is 436 g/mol. The fourth-order valence-electron chi connectivity index (χ4n) is 3.37. The standard InChI is InChI=1S/C24H24N2O4S/c1-15-13-22(16(2)26(15)20-9-5-18(6-10-20)24(29)30-4)23(28)14-31-21-11-7-19(8-12-21)25-17(3)27/h5-13H,14H2,1-4H3,(H,25,27). The zero-order chi connectivity index (χ0) is 22.5. The Morgan fingerprint density at radius 1 is 1.00 bits per heavy atom. The highest BCUT2D eigenvalue weighted by molar-refractivity contribution is 8.00. The lowest BCUT2D eigenvalue weighted by Gasteiger charge is -2.10. The summed E-state index contributed by atoms with van der Waals surface area (Å²) in [7, 11) is 1.35. The van der Waals surface area contributed by atoms with Crippen molar-refractivity contribution in [2.24, 2.45) is 0 Å². The minimum absolute atomic E-state index is 0.0430. The number of anilines is 1. The second kappa shape index (κ2) is 9.66. The van der Waals surface area contributed by atoms with Gasteiger partial charge in [0.05, 0.1) is 18.4 Å². The summed E-state index contributed by atoms with van der Waals surface area (Å²) in [4.78, 5) is 36.6. The molecule has 3 rings (SSSR count). The first kappa shape index (κ1) is 22.4. The number of Topliss-reactive ketones (excluding diaryl/α,β-unsaturated/α-hetero) is 1. The zero-order valence-electron chi connectivity index (χ0n) is 17.9. The van der Waals surface area contributed by atoms with Gasteiger partial charge in [0.1, 0.15) is 0 Å². The maximum Gasteiger partial charge on any atom is 0.337 e. The summed E-state index contributed by atoms with van der Waals surface area (Å²) in [6.07, 6.45) is 0. The minimum atomic E-state index is -0.384. The summed E-state index contributed by atoms with van der Waals surface area (Å²) in [6.45, 7) is 5.33. The molecule has 1 aromatic heterocycles. The van der Waals surface area contributed by atoms with Gasteiger partial charge in [0.15, 0.2) is 5.78 Å². The lowest BCUT2D eigenvalue weighted by molar-refractivity contribution is -0.114. The highest BCUT2D eigenvalue weighted by Gasteiger charge is 2.17. The highest BCUT2D eigenvalue weighted by atomic mass is 32.2. The number of aryl methyl sites for hydroxylation is 1. The molecule has 0 radical (unpaired) electrons. The normalized spacial score (nSPS) is 10.6. The number of ether oxygens (including phenoxy) is 1. The number of methoxy groups -OCH3 is 1. The van der Waals surface area contributed by atoms with Crippen molar-refractivity contribution in [2.75, 3.05) is 18.2 Å². The summed E-state index contributed by atoms with van der Waals surface area (Å²) in [5, 5.41) is 2.72. The molecule has 0 aliphatic rings. The van der Waals surface area contributed by atoms with Gasteiger partial charge in [-0.1, -0.05) is 0 Å². The number of rotatable bonds is 7. The van der Waals surface area contributed by atoms with Gasteiger partial charge in [0.25, 0.3) is 0 Å². The van der Waals surface area contributed by atoms with Crippen molar-refractivity contribution < 1.29 is 19.1 Å².